The number of carbonyl (C=O) groups is 1. The van der Waals surface area contributed by atoms with Crippen molar-refractivity contribution in [2.75, 3.05) is 13.2 Å². The molecule has 2 saturated heterocycles. The number of carbonyl (C=O) groups excluding carboxylic acids is 1. The average molecular weight is 1110 g/mol. The largest absolute Gasteiger partial charge is 0.513 e. The Hall–Kier alpha value is -7.37. The summed E-state index contributed by atoms with van der Waals surface area (Å²) in [6, 6.07) is 78.6. The lowest BCUT2D eigenvalue weighted by Gasteiger charge is -2.46. The predicted octanol–water partition coefficient (Wildman–Crippen LogP) is 12.5. The van der Waals surface area contributed by atoms with E-state index >= 15 is 4.79 Å². The highest BCUT2D eigenvalue weighted by Crippen LogP contribution is 2.35. The number of hydrogen-bond acceptors (Lipinski definition) is 13. The van der Waals surface area contributed by atoms with Crippen LogP contribution in [0.15, 0.2) is 243 Å². The van der Waals surface area contributed by atoms with Crippen LogP contribution in [0.3, 0.4) is 0 Å². The smallest absolute Gasteiger partial charge is 0.401 e. The molecule has 13 heteroatoms. The monoisotopic (exact) mass is 1110 g/mol. The van der Waals surface area contributed by atoms with Crippen molar-refractivity contribution in [2.45, 2.75) is 114 Å². The first-order chi connectivity index (χ1) is 40.6. The molecule has 0 aliphatic carbocycles. The van der Waals surface area contributed by atoms with Gasteiger partial charge in [0.25, 0.3) is 0 Å². The lowest BCUT2D eigenvalue weighted by molar-refractivity contribution is -0.335. The van der Waals surface area contributed by atoms with Crippen LogP contribution < -0.4 is 0 Å². The van der Waals surface area contributed by atoms with Gasteiger partial charge in [0, 0.05) is 0 Å². The highest BCUT2D eigenvalue weighted by Gasteiger charge is 2.53. The summed E-state index contributed by atoms with van der Waals surface area (Å²) in [4.78, 5) is 15.1. The van der Waals surface area contributed by atoms with Gasteiger partial charge >= 0.3 is 6.16 Å². The Balaban J connectivity index is 0.984. The van der Waals surface area contributed by atoms with Gasteiger partial charge in [-0.3, -0.25) is 0 Å². The molecule has 2 heterocycles. The van der Waals surface area contributed by atoms with Crippen molar-refractivity contribution in [2.24, 2.45) is 0 Å². The highest BCUT2D eigenvalue weighted by atomic mass is 16.8. The van der Waals surface area contributed by atoms with Gasteiger partial charge in [0.15, 0.2) is 0 Å². The summed E-state index contributed by atoms with van der Waals surface area (Å²) in [7, 11) is 0. The van der Waals surface area contributed by atoms with Crippen LogP contribution in [0.1, 0.15) is 44.5 Å². The second-order valence-electron chi connectivity index (χ2n) is 20.1. The van der Waals surface area contributed by atoms with Gasteiger partial charge in [-0.25, -0.2) is 4.79 Å². The summed E-state index contributed by atoms with van der Waals surface area (Å²) < 4.78 is 80.8. The quantitative estimate of drug-likeness (QED) is 0.0432. The van der Waals surface area contributed by atoms with Gasteiger partial charge in [-0.2, -0.15) is 0 Å². The Labute approximate surface area is 480 Å². The number of ether oxygens (including phenoxy) is 12. The van der Waals surface area contributed by atoms with Gasteiger partial charge in [-0.1, -0.05) is 243 Å². The molecule has 424 valence electrons. The minimum absolute atomic E-state index is 0.0382. The van der Waals surface area contributed by atoms with Crippen molar-refractivity contribution >= 4 is 6.16 Å². The molecule has 10 rings (SSSR count). The molecule has 2 aliphatic heterocycles. The zero-order chi connectivity index (χ0) is 55.8. The standard InChI is InChI=1S/C69H70O13/c70-69(81-67-65(77-47-57-37-21-7-22-38-57)63(75-45-55-33-17-5-18-34-55)61(73-43-53-29-13-3-14-30-53)59(79-67)49-71-41-51-25-9-1-10-26-51)82-68-66(78-48-58-39-23-8-24-40-58)64(76-46-56-35-19-6-20-36-56)62(74-44-54-31-15-4-16-32-54)60(80-68)50-72-42-52-27-11-2-12-28-52/h1-40,59-68H,41-50H2/t59-,60-,61+,62+,63+,64+,65-,66-,67?,68?/m1/s1. The normalized spacial score (nSPS) is 22.5. The molecular formula is C69H70O13. The van der Waals surface area contributed by atoms with E-state index in [1.807, 2.05) is 243 Å². The molecule has 2 aliphatic rings. The van der Waals surface area contributed by atoms with E-state index in [1.165, 1.54) is 0 Å². The number of rotatable bonds is 28. The van der Waals surface area contributed by atoms with E-state index in [0.29, 0.717) is 0 Å². The SMILES string of the molecule is O=C(OC1O[C@H](COCc2ccccc2)[C@H](OCc2ccccc2)[C@H](OCc2ccccc2)[C@H]1OCc1ccccc1)OC1O[C@H](COCc2ccccc2)[C@H](OCc2ccccc2)[C@H](OCc2ccccc2)[C@H]1OCc1ccccc1. The molecule has 2 fully saturated rings. The van der Waals surface area contributed by atoms with E-state index in [9.17, 15) is 0 Å². The second kappa shape index (κ2) is 31.2. The number of hydrogen-bond donors (Lipinski definition) is 0. The lowest BCUT2D eigenvalue weighted by Crippen LogP contribution is -2.63. The average Bonchev–Trinajstić information content (AvgIpc) is 3.55. The molecule has 0 amide bonds. The molecule has 0 N–H and O–H groups in total. The maximum atomic E-state index is 15.1. The van der Waals surface area contributed by atoms with Crippen molar-refractivity contribution in [3.8, 4) is 0 Å². The first-order valence-corrected chi connectivity index (χ1v) is 27.9. The van der Waals surface area contributed by atoms with E-state index in [2.05, 4.69) is 0 Å². The van der Waals surface area contributed by atoms with E-state index in [1.54, 1.807) is 0 Å². The van der Waals surface area contributed by atoms with E-state index in [-0.39, 0.29) is 66.1 Å². The molecular weight excluding hydrogens is 1040 g/mol. The van der Waals surface area contributed by atoms with E-state index < -0.39 is 67.6 Å². The molecule has 2 unspecified atom stereocenters. The topological polar surface area (TPSA) is 128 Å². The third kappa shape index (κ3) is 17.3. The maximum Gasteiger partial charge on any atom is 0.513 e. The third-order valence-electron chi connectivity index (χ3n) is 14.1. The third-order valence-corrected chi connectivity index (χ3v) is 14.1. The summed E-state index contributed by atoms with van der Waals surface area (Å²) in [5.74, 6) is 0. The molecule has 0 saturated carbocycles. The molecule has 10 atom stereocenters. The van der Waals surface area contributed by atoms with Gasteiger partial charge in [0.1, 0.15) is 48.8 Å². The summed E-state index contributed by atoms with van der Waals surface area (Å²) >= 11 is 0. The van der Waals surface area contributed by atoms with Crippen LogP contribution in [0.25, 0.3) is 0 Å². The summed E-state index contributed by atoms with van der Waals surface area (Å²) in [6.45, 7) is 1.68. The zero-order valence-corrected chi connectivity index (χ0v) is 45.7. The molecule has 82 heavy (non-hydrogen) atoms. The van der Waals surface area contributed by atoms with Crippen molar-refractivity contribution in [3.05, 3.63) is 287 Å². The molecule has 13 nitrogen and oxygen atoms in total. The highest BCUT2D eigenvalue weighted by molar-refractivity contribution is 5.60. The fourth-order valence-electron chi connectivity index (χ4n) is 9.90. The van der Waals surface area contributed by atoms with Crippen LogP contribution in [-0.4, -0.2) is 80.8 Å². The fourth-order valence-corrected chi connectivity index (χ4v) is 9.90. The predicted molar refractivity (Wildman–Crippen MR) is 307 cm³/mol. The van der Waals surface area contributed by atoms with Crippen LogP contribution in [0.5, 0.6) is 0 Å². The minimum atomic E-state index is -1.43. The molecule has 0 radical (unpaired) electrons. The Morgan fingerprint density at radius 1 is 0.268 bits per heavy atom. The first-order valence-electron chi connectivity index (χ1n) is 27.9. The Morgan fingerprint density at radius 3 is 0.720 bits per heavy atom. The van der Waals surface area contributed by atoms with Crippen LogP contribution in [0.4, 0.5) is 4.79 Å². The molecule has 8 aromatic carbocycles. The number of benzene rings is 8. The van der Waals surface area contributed by atoms with Crippen LogP contribution in [0.2, 0.25) is 0 Å². The Bertz CT molecular complexity index is 2820. The Morgan fingerprint density at radius 2 is 0.476 bits per heavy atom. The van der Waals surface area contributed by atoms with Gasteiger partial charge in [0.2, 0.25) is 12.6 Å². The Kier molecular flexibility index (Phi) is 22.0. The van der Waals surface area contributed by atoms with E-state index in [4.69, 9.17) is 56.8 Å². The molecule has 8 aromatic rings. The first kappa shape index (κ1) is 57.8. The van der Waals surface area contributed by atoms with E-state index in [0.717, 1.165) is 44.5 Å². The summed E-state index contributed by atoms with van der Waals surface area (Å²) in [5.41, 5.74) is 7.40. The van der Waals surface area contributed by atoms with Crippen LogP contribution in [-0.2, 0) is 110 Å². The minimum Gasteiger partial charge on any atom is -0.401 e. The molecule has 0 bridgehead atoms. The van der Waals surface area contributed by atoms with Gasteiger partial charge < -0.3 is 56.8 Å². The van der Waals surface area contributed by atoms with Gasteiger partial charge in [-0.15, -0.1) is 0 Å². The fraction of sp³-hybridized carbons (Fsp3) is 0.290. The lowest BCUT2D eigenvalue weighted by atomic mass is 9.97. The van der Waals surface area contributed by atoms with Crippen LogP contribution in [0, 0.1) is 0 Å². The van der Waals surface area contributed by atoms with Gasteiger partial charge in [-0.05, 0) is 44.5 Å². The summed E-state index contributed by atoms with van der Waals surface area (Å²) in [6.07, 6.45) is -11.2. The van der Waals surface area contributed by atoms with Crippen molar-refractivity contribution in [1.29, 1.82) is 0 Å². The van der Waals surface area contributed by atoms with Crippen LogP contribution >= 0.6 is 0 Å². The zero-order valence-electron chi connectivity index (χ0n) is 45.7. The van der Waals surface area contributed by atoms with Crippen molar-refractivity contribution < 1.29 is 61.6 Å². The van der Waals surface area contributed by atoms with Crippen molar-refractivity contribution in [1.82, 2.24) is 0 Å². The maximum absolute atomic E-state index is 15.1. The summed E-state index contributed by atoms with van der Waals surface area (Å²) in [5, 5.41) is 0. The van der Waals surface area contributed by atoms with Gasteiger partial charge in [0.05, 0.1) is 66.1 Å². The second-order valence-corrected chi connectivity index (χ2v) is 20.1. The van der Waals surface area contributed by atoms with Crippen molar-refractivity contribution in [3.63, 3.8) is 0 Å². The molecule has 0 spiro atoms. The molecule has 0 aromatic heterocycles.